The second kappa shape index (κ2) is 12.2. The van der Waals surface area contributed by atoms with E-state index in [0.717, 1.165) is 11.1 Å². The summed E-state index contributed by atoms with van der Waals surface area (Å²) in [7, 11) is 1.37. The average Bonchev–Trinajstić information content (AvgIpc) is 2.90. The number of hydrogen-bond donors (Lipinski definition) is 0. The van der Waals surface area contributed by atoms with E-state index in [9.17, 15) is 19.2 Å². The van der Waals surface area contributed by atoms with Gasteiger partial charge in [0.2, 0.25) is 5.78 Å². The summed E-state index contributed by atoms with van der Waals surface area (Å²) < 4.78 is 4.86. The number of carbonyl (C=O) groups excluding carboxylic acids is 4. The molecular formula is C31H26O5. The number of hydrogen-bond acceptors (Lipinski definition) is 5. The lowest BCUT2D eigenvalue weighted by molar-refractivity contribution is -0.117. The predicted octanol–water partition coefficient (Wildman–Crippen LogP) is 5.16. The lowest BCUT2D eigenvalue weighted by atomic mass is 9.85. The Morgan fingerprint density at radius 1 is 0.639 bits per heavy atom. The first-order valence-corrected chi connectivity index (χ1v) is 11.3. The van der Waals surface area contributed by atoms with Gasteiger partial charge in [0.15, 0.2) is 23.1 Å². The first-order chi connectivity index (χ1) is 17.4. The molecule has 2 aromatic carbocycles. The van der Waals surface area contributed by atoms with Gasteiger partial charge in [-0.1, -0.05) is 72.8 Å². The smallest absolute Gasteiger partial charge is 0.220 e. The van der Waals surface area contributed by atoms with Crippen molar-refractivity contribution < 1.29 is 23.9 Å². The molecule has 0 fully saturated rings. The van der Waals surface area contributed by atoms with Crippen molar-refractivity contribution in [2.24, 2.45) is 0 Å². The Hall–Kier alpha value is -4.64. The van der Waals surface area contributed by atoms with Gasteiger partial charge in [-0.3, -0.25) is 19.2 Å². The fourth-order valence-corrected chi connectivity index (χ4v) is 3.94. The number of rotatable bonds is 7. The molecule has 0 saturated heterocycles. The van der Waals surface area contributed by atoms with E-state index in [2.05, 4.69) is 13.2 Å². The molecule has 0 amide bonds. The molecule has 0 N–H and O–H groups in total. The van der Waals surface area contributed by atoms with Crippen LogP contribution in [-0.2, 0) is 23.9 Å². The molecule has 5 heteroatoms. The average molecular weight is 479 g/mol. The van der Waals surface area contributed by atoms with Crippen LogP contribution in [0, 0.1) is 0 Å². The molecule has 2 aliphatic carbocycles. The van der Waals surface area contributed by atoms with Crippen molar-refractivity contribution in [3.05, 3.63) is 144 Å². The summed E-state index contributed by atoms with van der Waals surface area (Å²) in [5.41, 5.74) is 2.80. The van der Waals surface area contributed by atoms with Crippen LogP contribution in [0.4, 0.5) is 0 Å². The summed E-state index contributed by atoms with van der Waals surface area (Å²) in [6, 6.07) is 19.0. The molecule has 0 spiro atoms. The van der Waals surface area contributed by atoms with Crippen LogP contribution in [0.3, 0.4) is 0 Å². The minimum absolute atomic E-state index is 0.0737. The fourth-order valence-electron chi connectivity index (χ4n) is 3.94. The number of ether oxygens (including phenoxy) is 1. The van der Waals surface area contributed by atoms with Crippen LogP contribution < -0.4 is 0 Å². The summed E-state index contributed by atoms with van der Waals surface area (Å²) in [6.07, 6.45) is 9.91. The topological polar surface area (TPSA) is 77.5 Å². The van der Waals surface area contributed by atoms with Crippen molar-refractivity contribution in [2.75, 3.05) is 7.11 Å². The number of ketones is 4. The molecule has 4 rings (SSSR count). The fraction of sp³-hybridized carbons (Fsp3) is 0.0968. The zero-order valence-corrected chi connectivity index (χ0v) is 19.9. The lowest BCUT2D eigenvalue weighted by Gasteiger charge is -2.18. The highest BCUT2D eigenvalue weighted by atomic mass is 16.5. The van der Waals surface area contributed by atoms with E-state index in [0.29, 0.717) is 11.1 Å². The Morgan fingerprint density at radius 2 is 1.14 bits per heavy atom. The summed E-state index contributed by atoms with van der Waals surface area (Å²) >= 11 is 0. The largest absolute Gasteiger partial charge is 0.493 e. The van der Waals surface area contributed by atoms with E-state index in [1.54, 1.807) is 12.2 Å². The predicted molar refractivity (Wildman–Crippen MR) is 139 cm³/mol. The van der Waals surface area contributed by atoms with E-state index >= 15 is 0 Å². The standard InChI is InChI=1S/C16H14O3.C15H12O2/c1-3-12(11-7-5-4-6-8-11)13-9-15(18)16(19-2)10-14(13)17;1-2-13(11-6-4-3-5-7-11)14-10-12(16)8-9-15(14)17/h3-10,12H,1H2,2H3;2-10,13H,1H2. The molecule has 2 unspecified atom stereocenters. The Labute approximate surface area is 210 Å². The molecule has 180 valence electrons. The summed E-state index contributed by atoms with van der Waals surface area (Å²) in [5.74, 6) is -1.22. The van der Waals surface area contributed by atoms with E-state index in [-0.39, 0.29) is 40.7 Å². The highest BCUT2D eigenvalue weighted by molar-refractivity contribution is 6.20. The zero-order chi connectivity index (χ0) is 26.1. The highest BCUT2D eigenvalue weighted by Crippen LogP contribution is 2.29. The molecule has 2 aromatic rings. The Morgan fingerprint density at radius 3 is 1.61 bits per heavy atom. The van der Waals surface area contributed by atoms with E-state index in [4.69, 9.17) is 4.74 Å². The molecule has 0 saturated carbocycles. The van der Waals surface area contributed by atoms with Crippen LogP contribution in [0.25, 0.3) is 0 Å². The summed E-state index contributed by atoms with van der Waals surface area (Å²) in [6.45, 7) is 7.50. The minimum atomic E-state index is -0.292. The van der Waals surface area contributed by atoms with Crippen LogP contribution in [-0.4, -0.2) is 30.2 Å². The van der Waals surface area contributed by atoms with Crippen molar-refractivity contribution in [3.63, 3.8) is 0 Å². The maximum absolute atomic E-state index is 12.1. The van der Waals surface area contributed by atoms with Gasteiger partial charge < -0.3 is 4.74 Å². The lowest BCUT2D eigenvalue weighted by Crippen LogP contribution is -2.18. The van der Waals surface area contributed by atoms with Crippen LogP contribution in [0.5, 0.6) is 0 Å². The number of methoxy groups -OCH3 is 1. The molecule has 0 bridgehead atoms. The SMILES string of the molecule is C=CC(C1=CC(=O)C(OC)=CC1=O)c1ccccc1.C=CC(C1=CC(=O)C=CC1=O)c1ccccc1. The van der Waals surface area contributed by atoms with E-state index in [1.807, 2.05) is 60.7 Å². The van der Waals surface area contributed by atoms with E-state index in [1.165, 1.54) is 37.5 Å². The van der Waals surface area contributed by atoms with Gasteiger partial charge >= 0.3 is 0 Å². The van der Waals surface area contributed by atoms with E-state index < -0.39 is 0 Å². The third-order valence-electron chi connectivity index (χ3n) is 5.74. The highest BCUT2D eigenvalue weighted by Gasteiger charge is 2.26. The van der Waals surface area contributed by atoms with Crippen molar-refractivity contribution in [3.8, 4) is 0 Å². The third kappa shape index (κ3) is 6.07. The normalized spacial score (nSPS) is 16.5. The van der Waals surface area contributed by atoms with Gasteiger partial charge in [-0.2, -0.15) is 0 Å². The van der Waals surface area contributed by atoms with Crippen LogP contribution >= 0.6 is 0 Å². The summed E-state index contributed by atoms with van der Waals surface area (Å²) in [4.78, 5) is 46.9. The molecule has 2 aliphatic rings. The molecule has 0 heterocycles. The Balaban J connectivity index is 0.000000202. The van der Waals surface area contributed by atoms with Crippen LogP contribution in [0.1, 0.15) is 23.0 Å². The van der Waals surface area contributed by atoms with Gasteiger partial charge in [-0.05, 0) is 35.4 Å². The number of benzene rings is 2. The molecule has 36 heavy (non-hydrogen) atoms. The second-order valence-electron chi connectivity index (χ2n) is 7.99. The van der Waals surface area contributed by atoms with Crippen LogP contribution in [0.2, 0.25) is 0 Å². The minimum Gasteiger partial charge on any atom is -0.493 e. The molecule has 5 nitrogen and oxygen atoms in total. The second-order valence-corrected chi connectivity index (χ2v) is 7.99. The first kappa shape index (κ1) is 26.0. The molecule has 0 radical (unpaired) electrons. The number of allylic oxidation sites excluding steroid dienone is 9. The first-order valence-electron chi connectivity index (χ1n) is 11.3. The molecule has 2 atom stereocenters. The monoisotopic (exact) mass is 478 g/mol. The Kier molecular flexibility index (Phi) is 8.79. The third-order valence-corrected chi connectivity index (χ3v) is 5.74. The van der Waals surface area contributed by atoms with Gasteiger partial charge in [0, 0.05) is 29.1 Å². The van der Waals surface area contributed by atoms with Crippen LogP contribution in [0.15, 0.2) is 133 Å². The van der Waals surface area contributed by atoms with Gasteiger partial charge in [0.1, 0.15) is 0 Å². The van der Waals surface area contributed by atoms with Gasteiger partial charge in [0.25, 0.3) is 0 Å². The number of carbonyl (C=O) groups is 4. The molecule has 0 aromatic heterocycles. The summed E-state index contributed by atoms with van der Waals surface area (Å²) in [5, 5.41) is 0. The van der Waals surface area contributed by atoms with Crippen molar-refractivity contribution >= 4 is 23.1 Å². The zero-order valence-electron chi connectivity index (χ0n) is 19.9. The van der Waals surface area contributed by atoms with Crippen molar-refractivity contribution in [1.82, 2.24) is 0 Å². The van der Waals surface area contributed by atoms with Gasteiger partial charge in [-0.15, -0.1) is 13.2 Å². The van der Waals surface area contributed by atoms with Gasteiger partial charge in [0.05, 0.1) is 7.11 Å². The van der Waals surface area contributed by atoms with Gasteiger partial charge in [-0.25, -0.2) is 0 Å². The maximum Gasteiger partial charge on any atom is 0.220 e. The molecule has 0 aliphatic heterocycles. The maximum atomic E-state index is 12.1. The van der Waals surface area contributed by atoms with Crippen molar-refractivity contribution in [2.45, 2.75) is 11.8 Å². The quantitative estimate of drug-likeness (QED) is 0.406. The van der Waals surface area contributed by atoms with Crippen molar-refractivity contribution in [1.29, 1.82) is 0 Å². The molecular weight excluding hydrogens is 452 g/mol. The Bertz CT molecular complexity index is 1310.